The first kappa shape index (κ1) is 21.1. The van der Waals surface area contributed by atoms with Crippen LogP contribution in [0.5, 0.6) is 0 Å². The standard InChI is InChI=1S/C24H31N3O2S/c1-16-11-18(14-20(12-16)27-7-9-29-10-8-27)22-24(2,3)15-19-13-17(23(28)26-30-4)5-6-21(19)25-22/h5-6,11-14,22,25H,7-10,15H2,1-4H3,(H,26,28). The number of hydrogen-bond donors (Lipinski definition) is 2. The average molecular weight is 426 g/mol. The lowest BCUT2D eigenvalue weighted by Gasteiger charge is -2.42. The third-order valence-corrected chi connectivity index (χ3v) is 6.47. The molecular weight excluding hydrogens is 394 g/mol. The van der Waals surface area contributed by atoms with Crippen LogP contribution in [-0.4, -0.2) is 38.5 Å². The quantitative estimate of drug-likeness (QED) is 0.703. The Morgan fingerprint density at radius 1 is 1.20 bits per heavy atom. The number of morpholine rings is 1. The third-order valence-electron chi connectivity index (χ3n) is 6.08. The molecule has 4 rings (SSSR count). The molecule has 160 valence electrons. The number of rotatable bonds is 4. The molecule has 30 heavy (non-hydrogen) atoms. The molecule has 6 heteroatoms. The van der Waals surface area contributed by atoms with Crippen molar-refractivity contribution < 1.29 is 9.53 Å². The molecule has 2 heterocycles. The zero-order valence-corrected chi connectivity index (χ0v) is 19.1. The van der Waals surface area contributed by atoms with Crippen LogP contribution in [0.3, 0.4) is 0 Å². The van der Waals surface area contributed by atoms with Crippen molar-refractivity contribution in [2.75, 3.05) is 42.8 Å². The minimum atomic E-state index is -0.0425. The fraction of sp³-hybridized carbons (Fsp3) is 0.458. The number of nitrogens with one attached hydrogen (secondary N) is 2. The maximum absolute atomic E-state index is 12.2. The lowest BCUT2D eigenvalue weighted by Crippen LogP contribution is -2.37. The number of benzene rings is 2. The number of nitrogens with zero attached hydrogens (tertiary/aromatic N) is 1. The largest absolute Gasteiger partial charge is 0.378 e. The highest BCUT2D eigenvalue weighted by Gasteiger charge is 2.36. The van der Waals surface area contributed by atoms with E-state index < -0.39 is 0 Å². The summed E-state index contributed by atoms with van der Waals surface area (Å²) in [6, 6.07) is 13.1. The lowest BCUT2D eigenvalue weighted by molar-refractivity contribution is 0.0984. The Balaban J connectivity index is 1.64. The van der Waals surface area contributed by atoms with E-state index in [2.05, 4.69) is 53.9 Å². The van der Waals surface area contributed by atoms with Crippen LogP contribution in [0.25, 0.3) is 0 Å². The van der Waals surface area contributed by atoms with Gasteiger partial charge in [0.25, 0.3) is 5.91 Å². The summed E-state index contributed by atoms with van der Waals surface area (Å²) >= 11 is 1.33. The molecule has 0 bridgehead atoms. The Bertz CT molecular complexity index is 938. The molecule has 0 aliphatic carbocycles. The second-order valence-electron chi connectivity index (χ2n) is 8.95. The predicted octanol–water partition coefficient (Wildman–Crippen LogP) is 4.57. The maximum Gasteiger partial charge on any atom is 0.261 e. The van der Waals surface area contributed by atoms with Gasteiger partial charge in [0, 0.05) is 36.3 Å². The number of fused-ring (bicyclic) bond motifs is 1. The summed E-state index contributed by atoms with van der Waals surface area (Å²) in [4.78, 5) is 14.7. The van der Waals surface area contributed by atoms with Gasteiger partial charge in [0.05, 0.1) is 19.3 Å². The predicted molar refractivity (Wildman–Crippen MR) is 125 cm³/mol. The van der Waals surface area contributed by atoms with Gasteiger partial charge in [-0.25, -0.2) is 0 Å². The Labute approximate surface area is 183 Å². The van der Waals surface area contributed by atoms with Crippen LogP contribution in [0.1, 0.15) is 46.9 Å². The second-order valence-corrected chi connectivity index (χ2v) is 9.56. The van der Waals surface area contributed by atoms with Crippen molar-refractivity contribution in [1.29, 1.82) is 0 Å². The van der Waals surface area contributed by atoms with Crippen molar-refractivity contribution in [3.63, 3.8) is 0 Å². The van der Waals surface area contributed by atoms with Crippen molar-refractivity contribution in [2.45, 2.75) is 33.2 Å². The smallest absolute Gasteiger partial charge is 0.261 e. The van der Waals surface area contributed by atoms with Crippen LogP contribution >= 0.6 is 11.9 Å². The number of aryl methyl sites for hydroxylation is 1. The molecule has 0 aromatic heterocycles. The molecule has 1 unspecified atom stereocenters. The summed E-state index contributed by atoms with van der Waals surface area (Å²) in [5, 5.41) is 3.78. The molecule has 1 saturated heterocycles. The van der Waals surface area contributed by atoms with E-state index in [0.29, 0.717) is 5.56 Å². The van der Waals surface area contributed by atoms with Gasteiger partial charge in [0.15, 0.2) is 0 Å². The number of ether oxygens (including phenoxy) is 1. The Morgan fingerprint density at radius 3 is 2.70 bits per heavy atom. The van der Waals surface area contributed by atoms with Gasteiger partial charge in [0.2, 0.25) is 0 Å². The van der Waals surface area contributed by atoms with Crippen LogP contribution in [-0.2, 0) is 11.2 Å². The van der Waals surface area contributed by atoms with Gasteiger partial charge in [0.1, 0.15) is 0 Å². The summed E-state index contributed by atoms with van der Waals surface area (Å²) in [5.41, 5.74) is 6.92. The van der Waals surface area contributed by atoms with Crippen LogP contribution in [0.2, 0.25) is 0 Å². The first-order chi connectivity index (χ1) is 14.4. The number of carbonyl (C=O) groups excluding carboxylic acids is 1. The van der Waals surface area contributed by atoms with Crippen molar-refractivity contribution in [3.8, 4) is 0 Å². The van der Waals surface area contributed by atoms with E-state index in [1.807, 2.05) is 24.5 Å². The normalized spacial score (nSPS) is 20.3. The van der Waals surface area contributed by atoms with Crippen molar-refractivity contribution in [3.05, 3.63) is 58.7 Å². The molecule has 0 saturated carbocycles. The van der Waals surface area contributed by atoms with E-state index in [-0.39, 0.29) is 17.4 Å². The van der Waals surface area contributed by atoms with E-state index in [9.17, 15) is 4.79 Å². The molecule has 5 nitrogen and oxygen atoms in total. The highest BCUT2D eigenvalue weighted by Crippen LogP contribution is 2.45. The minimum absolute atomic E-state index is 0.0116. The van der Waals surface area contributed by atoms with E-state index in [0.717, 1.165) is 38.4 Å². The molecule has 1 fully saturated rings. The number of hydrogen-bond acceptors (Lipinski definition) is 5. The van der Waals surface area contributed by atoms with E-state index in [1.54, 1.807) is 0 Å². The second kappa shape index (κ2) is 8.52. The molecule has 0 radical (unpaired) electrons. The van der Waals surface area contributed by atoms with Gasteiger partial charge in [-0.15, -0.1) is 0 Å². The number of amides is 1. The summed E-state index contributed by atoms with van der Waals surface area (Å²) in [5.74, 6) is -0.0425. The van der Waals surface area contributed by atoms with Gasteiger partial charge in [-0.05, 0) is 65.8 Å². The molecular formula is C24H31N3O2S. The van der Waals surface area contributed by atoms with E-state index >= 15 is 0 Å². The van der Waals surface area contributed by atoms with Gasteiger partial charge >= 0.3 is 0 Å². The zero-order valence-electron chi connectivity index (χ0n) is 18.2. The van der Waals surface area contributed by atoms with Crippen LogP contribution < -0.4 is 14.9 Å². The van der Waals surface area contributed by atoms with Crippen LogP contribution in [0.4, 0.5) is 11.4 Å². The average Bonchev–Trinajstić information content (AvgIpc) is 2.72. The SMILES string of the molecule is CSNC(=O)c1ccc2c(c1)CC(C)(C)C(c1cc(C)cc(N3CCOCC3)c1)N2. The molecule has 2 aromatic rings. The van der Waals surface area contributed by atoms with Gasteiger partial charge < -0.3 is 15.0 Å². The summed E-state index contributed by atoms with van der Waals surface area (Å²) in [7, 11) is 0. The van der Waals surface area contributed by atoms with Crippen molar-refractivity contribution >= 4 is 29.2 Å². The zero-order chi connectivity index (χ0) is 21.3. The van der Waals surface area contributed by atoms with Crippen molar-refractivity contribution in [2.24, 2.45) is 5.41 Å². The Morgan fingerprint density at radius 2 is 1.97 bits per heavy atom. The summed E-state index contributed by atoms with van der Waals surface area (Å²) in [6.45, 7) is 10.2. The first-order valence-corrected chi connectivity index (χ1v) is 11.8. The molecule has 2 N–H and O–H groups in total. The van der Waals surface area contributed by atoms with Gasteiger partial charge in [-0.2, -0.15) is 0 Å². The fourth-order valence-corrected chi connectivity index (χ4v) is 4.92. The van der Waals surface area contributed by atoms with Crippen LogP contribution in [0, 0.1) is 12.3 Å². The van der Waals surface area contributed by atoms with Gasteiger partial charge in [-0.3, -0.25) is 9.52 Å². The number of carbonyl (C=O) groups is 1. The molecule has 2 aliphatic heterocycles. The van der Waals surface area contributed by atoms with Gasteiger partial charge in [-0.1, -0.05) is 31.9 Å². The first-order valence-electron chi connectivity index (χ1n) is 10.5. The van der Waals surface area contributed by atoms with E-state index in [1.165, 1.54) is 34.3 Å². The van der Waals surface area contributed by atoms with E-state index in [4.69, 9.17) is 4.74 Å². The fourth-order valence-electron chi connectivity index (χ4n) is 4.61. The molecule has 0 spiro atoms. The highest BCUT2D eigenvalue weighted by atomic mass is 32.2. The number of anilines is 2. The lowest BCUT2D eigenvalue weighted by atomic mass is 9.72. The maximum atomic E-state index is 12.2. The molecule has 1 atom stereocenters. The molecule has 2 aliphatic rings. The molecule has 2 aromatic carbocycles. The minimum Gasteiger partial charge on any atom is -0.378 e. The molecule has 1 amide bonds. The summed E-state index contributed by atoms with van der Waals surface area (Å²) < 4.78 is 8.34. The highest BCUT2D eigenvalue weighted by molar-refractivity contribution is 7.97. The third kappa shape index (κ3) is 4.30. The Hall–Kier alpha value is -2.18. The topological polar surface area (TPSA) is 53.6 Å². The van der Waals surface area contributed by atoms with Crippen molar-refractivity contribution in [1.82, 2.24) is 4.72 Å². The monoisotopic (exact) mass is 425 g/mol. The summed E-state index contributed by atoms with van der Waals surface area (Å²) in [6.07, 6.45) is 2.78. The Kier molecular flexibility index (Phi) is 5.98. The van der Waals surface area contributed by atoms with Crippen LogP contribution in [0.15, 0.2) is 36.4 Å².